The SMILES string of the molecule is C=C(CNCCc1ncon1)c1ccccc1. The Kier molecular flexibility index (Phi) is 4.05. The number of nitrogens with one attached hydrogen (secondary N) is 1. The molecule has 2 aromatic rings. The van der Waals surface area contributed by atoms with Crippen molar-refractivity contribution in [1.29, 1.82) is 0 Å². The van der Waals surface area contributed by atoms with Gasteiger partial charge in [0.1, 0.15) is 0 Å². The van der Waals surface area contributed by atoms with Gasteiger partial charge in [0.15, 0.2) is 5.82 Å². The maximum atomic E-state index is 4.66. The first-order chi connectivity index (χ1) is 8.36. The van der Waals surface area contributed by atoms with Crippen LogP contribution in [0.4, 0.5) is 0 Å². The van der Waals surface area contributed by atoms with Crippen LogP contribution in [0.2, 0.25) is 0 Å². The molecule has 0 unspecified atom stereocenters. The van der Waals surface area contributed by atoms with Crippen molar-refractivity contribution in [3.8, 4) is 0 Å². The molecule has 0 amide bonds. The van der Waals surface area contributed by atoms with Gasteiger partial charge in [0, 0.05) is 19.5 Å². The molecule has 88 valence electrons. The van der Waals surface area contributed by atoms with E-state index in [0.717, 1.165) is 30.9 Å². The molecule has 0 fully saturated rings. The molecular formula is C13H15N3O. The smallest absolute Gasteiger partial charge is 0.213 e. The summed E-state index contributed by atoms with van der Waals surface area (Å²) in [6, 6.07) is 10.1. The minimum Gasteiger partial charge on any atom is -0.343 e. The summed E-state index contributed by atoms with van der Waals surface area (Å²) in [5.41, 5.74) is 2.25. The molecule has 0 aliphatic rings. The molecule has 4 nitrogen and oxygen atoms in total. The van der Waals surface area contributed by atoms with Gasteiger partial charge in [0.05, 0.1) is 0 Å². The fourth-order valence-electron chi connectivity index (χ4n) is 1.52. The highest BCUT2D eigenvalue weighted by molar-refractivity contribution is 5.64. The van der Waals surface area contributed by atoms with E-state index < -0.39 is 0 Å². The summed E-state index contributed by atoms with van der Waals surface area (Å²) in [6.45, 7) is 5.62. The van der Waals surface area contributed by atoms with Crippen LogP contribution < -0.4 is 5.32 Å². The van der Waals surface area contributed by atoms with E-state index in [1.54, 1.807) is 0 Å². The molecule has 4 heteroatoms. The van der Waals surface area contributed by atoms with Gasteiger partial charge in [-0.05, 0) is 11.1 Å². The summed E-state index contributed by atoms with van der Waals surface area (Å²) in [4.78, 5) is 3.95. The van der Waals surface area contributed by atoms with Crippen LogP contribution in [-0.2, 0) is 6.42 Å². The molecule has 0 saturated carbocycles. The maximum absolute atomic E-state index is 4.66. The number of aromatic nitrogens is 2. The zero-order valence-electron chi connectivity index (χ0n) is 9.60. The Morgan fingerprint density at radius 2 is 2.12 bits per heavy atom. The van der Waals surface area contributed by atoms with Crippen LogP contribution in [0, 0.1) is 0 Å². The van der Waals surface area contributed by atoms with E-state index in [1.807, 2.05) is 18.2 Å². The molecule has 0 bridgehead atoms. The highest BCUT2D eigenvalue weighted by Gasteiger charge is 1.99. The zero-order valence-corrected chi connectivity index (χ0v) is 9.60. The molecule has 1 heterocycles. The topological polar surface area (TPSA) is 51.0 Å². The van der Waals surface area contributed by atoms with Crippen LogP contribution in [0.25, 0.3) is 5.57 Å². The number of rotatable bonds is 6. The van der Waals surface area contributed by atoms with Crippen LogP contribution in [0.15, 0.2) is 47.8 Å². The van der Waals surface area contributed by atoms with Gasteiger partial charge in [-0.2, -0.15) is 4.98 Å². The average molecular weight is 229 g/mol. The average Bonchev–Trinajstić information content (AvgIpc) is 2.88. The predicted octanol–water partition coefficient (Wildman–Crippen LogP) is 1.92. The largest absolute Gasteiger partial charge is 0.343 e. The van der Waals surface area contributed by atoms with Crippen molar-refractivity contribution in [2.45, 2.75) is 6.42 Å². The molecule has 17 heavy (non-hydrogen) atoms. The molecular weight excluding hydrogens is 214 g/mol. The van der Waals surface area contributed by atoms with E-state index in [1.165, 1.54) is 12.0 Å². The molecule has 0 aliphatic heterocycles. The first kappa shape index (κ1) is 11.5. The molecule has 1 N–H and O–H groups in total. The Bertz CT molecular complexity index is 451. The second-order valence-corrected chi connectivity index (χ2v) is 3.74. The van der Waals surface area contributed by atoms with Crippen molar-refractivity contribution in [2.75, 3.05) is 13.1 Å². The highest BCUT2D eigenvalue weighted by Crippen LogP contribution is 2.09. The maximum Gasteiger partial charge on any atom is 0.213 e. The summed E-state index contributed by atoms with van der Waals surface area (Å²) in [6.07, 6.45) is 2.11. The number of benzene rings is 1. The Balaban J connectivity index is 1.70. The van der Waals surface area contributed by atoms with Gasteiger partial charge in [-0.1, -0.05) is 42.1 Å². The molecule has 0 saturated heterocycles. The molecule has 0 radical (unpaired) electrons. The number of hydrogen-bond acceptors (Lipinski definition) is 4. The second-order valence-electron chi connectivity index (χ2n) is 3.74. The number of hydrogen-bond donors (Lipinski definition) is 1. The van der Waals surface area contributed by atoms with Crippen molar-refractivity contribution in [1.82, 2.24) is 15.5 Å². The van der Waals surface area contributed by atoms with Crippen molar-refractivity contribution in [3.05, 3.63) is 54.7 Å². The third kappa shape index (κ3) is 3.53. The van der Waals surface area contributed by atoms with E-state index in [2.05, 4.69) is 38.7 Å². The van der Waals surface area contributed by atoms with Gasteiger partial charge < -0.3 is 9.84 Å². The molecule has 0 aliphatic carbocycles. The Hall–Kier alpha value is -1.94. The molecule has 0 atom stereocenters. The van der Waals surface area contributed by atoms with Crippen molar-refractivity contribution < 1.29 is 4.52 Å². The van der Waals surface area contributed by atoms with Crippen LogP contribution in [0.5, 0.6) is 0 Å². The summed E-state index contributed by atoms with van der Waals surface area (Å²) in [5.74, 6) is 0.725. The van der Waals surface area contributed by atoms with E-state index in [-0.39, 0.29) is 0 Å². The number of nitrogens with zero attached hydrogens (tertiary/aromatic N) is 2. The monoisotopic (exact) mass is 229 g/mol. The Labute approximate surface area is 100 Å². The molecule has 1 aromatic carbocycles. The van der Waals surface area contributed by atoms with Gasteiger partial charge in [-0.15, -0.1) is 0 Å². The molecule has 2 rings (SSSR count). The van der Waals surface area contributed by atoms with E-state index in [9.17, 15) is 0 Å². The summed E-state index contributed by atoms with van der Waals surface area (Å²) in [7, 11) is 0. The Morgan fingerprint density at radius 3 is 2.82 bits per heavy atom. The lowest BCUT2D eigenvalue weighted by Gasteiger charge is -2.06. The minimum absolute atomic E-state index is 0.725. The first-order valence-corrected chi connectivity index (χ1v) is 5.55. The predicted molar refractivity (Wildman–Crippen MR) is 66.3 cm³/mol. The van der Waals surface area contributed by atoms with Crippen molar-refractivity contribution in [2.24, 2.45) is 0 Å². The van der Waals surface area contributed by atoms with Crippen molar-refractivity contribution >= 4 is 5.57 Å². The van der Waals surface area contributed by atoms with Gasteiger partial charge in [0.2, 0.25) is 6.39 Å². The zero-order chi connectivity index (χ0) is 11.9. The fraction of sp³-hybridized carbons (Fsp3) is 0.231. The summed E-state index contributed by atoms with van der Waals surface area (Å²) >= 11 is 0. The van der Waals surface area contributed by atoms with Gasteiger partial charge in [-0.25, -0.2) is 0 Å². The molecule has 1 aromatic heterocycles. The minimum atomic E-state index is 0.725. The highest BCUT2D eigenvalue weighted by atomic mass is 16.5. The Morgan fingerprint density at radius 1 is 1.29 bits per heavy atom. The van der Waals surface area contributed by atoms with E-state index in [0.29, 0.717) is 0 Å². The van der Waals surface area contributed by atoms with E-state index >= 15 is 0 Å². The quantitative estimate of drug-likeness (QED) is 0.769. The van der Waals surface area contributed by atoms with Crippen LogP contribution in [0.1, 0.15) is 11.4 Å². The third-order valence-electron chi connectivity index (χ3n) is 2.45. The lowest BCUT2D eigenvalue weighted by Crippen LogP contribution is -2.19. The standard InChI is InChI=1S/C13H15N3O/c1-11(12-5-3-2-4-6-12)9-14-8-7-13-15-10-17-16-13/h2-6,10,14H,1,7-9H2. The van der Waals surface area contributed by atoms with Crippen molar-refractivity contribution in [3.63, 3.8) is 0 Å². The van der Waals surface area contributed by atoms with Gasteiger partial charge in [-0.3, -0.25) is 0 Å². The molecule has 0 spiro atoms. The fourth-order valence-corrected chi connectivity index (χ4v) is 1.52. The van der Waals surface area contributed by atoms with Crippen LogP contribution in [-0.4, -0.2) is 23.2 Å². The van der Waals surface area contributed by atoms with E-state index in [4.69, 9.17) is 0 Å². The summed E-state index contributed by atoms with van der Waals surface area (Å²) < 4.78 is 4.66. The van der Waals surface area contributed by atoms with Crippen LogP contribution in [0.3, 0.4) is 0 Å². The normalized spacial score (nSPS) is 10.4. The lowest BCUT2D eigenvalue weighted by molar-refractivity contribution is 0.409. The van der Waals surface area contributed by atoms with Gasteiger partial charge in [0.25, 0.3) is 0 Å². The second kappa shape index (κ2) is 5.96. The van der Waals surface area contributed by atoms with Crippen LogP contribution >= 0.6 is 0 Å². The third-order valence-corrected chi connectivity index (χ3v) is 2.45. The van der Waals surface area contributed by atoms with Gasteiger partial charge >= 0.3 is 0 Å². The lowest BCUT2D eigenvalue weighted by atomic mass is 10.1. The summed E-state index contributed by atoms with van der Waals surface area (Å²) in [5, 5.41) is 7.04. The first-order valence-electron chi connectivity index (χ1n) is 5.55.